The van der Waals surface area contributed by atoms with Gasteiger partial charge in [-0.1, -0.05) is 90.4 Å². The first-order valence-corrected chi connectivity index (χ1v) is 27.5. The third-order valence-electron chi connectivity index (χ3n) is 13.2. The normalized spacial score (nSPS) is 15.2. The molecule has 0 spiro atoms. The van der Waals surface area contributed by atoms with E-state index in [2.05, 4.69) is 47.5 Å². The van der Waals surface area contributed by atoms with Crippen molar-refractivity contribution in [2.45, 2.75) is 173 Å². The van der Waals surface area contributed by atoms with E-state index in [9.17, 15) is 63.3 Å². The molecule has 2 rings (SSSR count). The van der Waals surface area contributed by atoms with Gasteiger partial charge in [0.25, 0.3) is 0 Å². The van der Waals surface area contributed by atoms with Crippen LogP contribution in [0.1, 0.15) is 111 Å². The highest BCUT2D eigenvalue weighted by Crippen LogP contribution is 2.16. The van der Waals surface area contributed by atoms with Crippen molar-refractivity contribution in [3.05, 3.63) is 65.7 Å². The van der Waals surface area contributed by atoms with Crippen LogP contribution < -0.4 is 65.5 Å². The van der Waals surface area contributed by atoms with Gasteiger partial charge in [-0.2, -0.15) is 0 Å². The van der Waals surface area contributed by atoms with Crippen molar-refractivity contribution in [2.24, 2.45) is 45.7 Å². The van der Waals surface area contributed by atoms with E-state index in [0.717, 1.165) is 0 Å². The maximum absolute atomic E-state index is 14.5. The number of hydrogen-bond donors (Lipinski definition) is 16. The molecular weight excluding hydrogens is 1070 g/mol. The molecule has 0 heterocycles. The van der Waals surface area contributed by atoms with Crippen molar-refractivity contribution in [2.75, 3.05) is 13.1 Å². The fourth-order valence-electron chi connectivity index (χ4n) is 8.38. The van der Waals surface area contributed by atoms with Crippen molar-refractivity contribution >= 4 is 65.2 Å². The number of carbonyl (C=O) groups excluding carboxylic acids is 8. The van der Waals surface area contributed by atoms with Gasteiger partial charge >= 0.3 is 11.9 Å². The Kier molecular flexibility index (Phi) is 30.6. The van der Waals surface area contributed by atoms with Crippen LogP contribution in [0.15, 0.2) is 59.6 Å². The number of phenols is 1. The van der Waals surface area contributed by atoms with Crippen LogP contribution in [0.5, 0.6) is 5.75 Å². The lowest BCUT2D eigenvalue weighted by atomic mass is 9.96. The third-order valence-corrected chi connectivity index (χ3v) is 13.2. The number of guanidine groups is 1. The molecule has 2 aromatic carbocycles. The molecule has 0 aliphatic rings. The molecule has 27 heteroatoms. The molecule has 82 heavy (non-hydrogen) atoms. The Bertz CT molecular complexity index is 2460. The Morgan fingerprint density at radius 2 is 1.01 bits per heavy atom. The number of aliphatic imine (C=N–C) groups is 1. The summed E-state index contributed by atoms with van der Waals surface area (Å²) in [6.45, 7) is 11.6. The molecule has 8 amide bonds. The van der Waals surface area contributed by atoms with E-state index in [1.165, 1.54) is 31.2 Å². The number of hydrogen-bond acceptors (Lipinski definition) is 15. The third kappa shape index (κ3) is 25.3. The molecule has 0 aliphatic heterocycles. The lowest BCUT2D eigenvalue weighted by molar-refractivity contribution is -0.142. The zero-order valence-electron chi connectivity index (χ0n) is 47.8. The number of rotatable bonds is 37. The number of nitrogens with one attached hydrogen (secondary N) is 8. The number of benzene rings is 2. The van der Waals surface area contributed by atoms with Crippen molar-refractivity contribution in [1.29, 1.82) is 0 Å². The number of carboxylic acids is 2. The molecule has 2 aromatic rings. The van der Waals surface area contributed by atoms with Gasteiger partial charge in [-0.05, 0) is 93.0 Å². The highest BCUT2D eigenvalue weighted by molar-refractivity contribution is 5.98. The van der Waals surface area contributed by atoms with Crippen LogP contribution >= 0.6 is 0 Å². The van der Waals surface area contributed by atoms with Crippen LogP contribution in [-0.4, -0.2) is 159 Å². The first kappa shape index (κ1) is 70.2. The highest BCUT2D eigenvalue weighted by Gasteiger charge is 2.38. The van der Waals surface area contributed by atoms with E-state index >= 15 is 0 Å². The van der Waals surface area contributed by atoms with E-state index in [1.54, 1.807) is 71.9 Å². The summed E-state index contributed by atoms with van der Waals surface area (Å²) in [7, 11) is 0. The maximum Gasteiger partial charge on any atom is 0.326 e. The largest absolute Gasteiger partial charge is 0.508 e. The summed E-state index contributed by atoms with van der Waals surface area (Å²) >= 11 is 0. The van der Waals surface area contributed by atoms with Crippen LogP contribution in [0.4, 0.5) is 0 Å². The average Bonchev–Trinajstić information content (AvgIpc) is 3.44. The van der Waals surface area contributed by atoms with Crippen molar-refractivity contribution < 1.29 is 68.4 Å². The average molecular weight is 1150 g/mol. The second kappa shape index (κ2) is 35.7. The SMILES string of the molecule is CC[C@H](C)[C@H](NC(=O)[C@@H](N)CC(=O)O)C(=O)N[C@H](C(=O)N[C@@H](Cc1ccc(O)cc1)C(=O)N[C@H](C(=O)N[C@@H](CCCN=C(N)N)C(=O)N[C@@H](CC(C)C)C(=O)N[C@@H](CCCCN)C(=O)N[C@@H](Cc1ccccc1)C(=O)O)C(C)C)[C@@H](C)O. The summed E-state index contributed by atoms with van der Waals surface area (Å²) in [6, 6.07) is 1.37. The first-order valence-electron chi connectivity index (χ1n) is 27.5. The smallest absolute Gasteiger partial charge is 0.326 e. The molecule has 0 fully saturated rings. The van der Waals surface area contributed by atoms with Gasteiger partial charge in [-0.3, -0.25) is 48.1 Å². The predicted molar refractivity (Wildman–Crippen MR) is 304 cm³/mol. The molecule has 0 radical (unpaired) electrons. The molecule has 0 bridgehead atoms. The molecule has 0 saturated carbocycles. The summed E-state index contributed by atoms with van der Waals surface area (Å²) in [5, 5.41) is 60.6. The van der Waals surface area contributed by atoms with E-state index in [1.807, 2.05) is 0 Å². The van der Waals surface area contributed by atoms with Gasteiger partial charge in [0.1, 0.15) is 54.1 Å². The van der Waals surface area contributed by atoms with E-state index in [-0.39, 0.29) is 69.2 Å². The standard InChI is InChI=1S/C55H87N13O14/c1-8-31(6)44(67-46(73)36(57)28-42(71)72)52(79)68-45(32(7)69)53(80)64-40(26-34-19-21-35(70)22-20-34)50(77)66-43(30(4)5)51(78)62-38(18-14-24-60-55(58)59)47(74)63-39(25-29(2)3)49(76)61-37(17-12-13-23-56)48(75)65-41(54(81)82)27-33-15-10-9-11-16-33/h9-11,15-16,19-22,29-32,36-41,43-45,69-70H,8,12-14,17-18,23-28,56-57H2,1-7H3,(H,61,76)(H,62,78)(H,63,74)(H,64,80)(H,65,75)(H,66,77)(H,67,73)(H,68,79)(H,71,72)(H,81,82)(H4,58,59,60)/t31-,32+,36-,37-,38-,39-,40-,41-,43-,44-,45-/m0/s1. The maximum atomic E-state index is 14.5. The highest BCUT2D eigenvalue weighted by atomic mass is 16.4. The van der Waals surface area contributed by atoms with E-state index < -0.39 is 138 Å². The number of carboxylic acid groups (broad SMARTS) is 2. The molecule has 0 saturated heterocycles. The second-order valence-electron chi connectivity index (χ2n) is 21.1. The van der Waals surface area contributed by atoms with Gasteiger partial charge in [0, 0.05) is 19.4 Å². The first-order chi connectivity index (χ1) is 38.6. The second-order valence-corrected chi connectivity index (χ2v) is 21.1. The molecule has 0 aromatic heterocycles. The number of aliphatic hydroxyl groups is 1. The molecule has 0 aliphatic carbocycles. The van der Waals surface area contributed by atoms with Crippen LogP contribution in [0.2, 0.25) is 0 Å². The number of aliphatic carboxylic acids is 2. The Morgan fingerprint density at radius 1 is 0.549 bits per heavy atom. The quantitative estimate of drug-likeness (QED) is 0.0203. The van der Waals surface area contributed by atoms with Gasteiger partial charge in [0.15, 0.2) is 5.96 Å². The zero-order chi connectivity index (χ0) is 61.8. The van der Waals surface area contributed by atoms with Gasteiger partial charge < -0.3 is 85.9 Å². The number of phenolic OH excluding ortho intramolecular Hbond substituents is 1. The van der Waals surface area contributed by atoms with Crippen LogP contribution in [0.25, 0.3) is 0 Å². The summed E-state index contributed by atoms with van der Waals surface area (Å²) in [5.41, 5.74) is 23.6. The number of aromatic hydroxyl groups is 1. The minimum Gasteiger partial charge on any atom is -0.508 e. The fraction of sp³-hybridized carbons (Fsp3) is 0.582. The molecule has 456 valence electrons. The number of carbonyl (C=O) groups is 10. The monoisotopic (exact) mass is 1150 g/mol. The number of aliphatic hydroxyl groups excluding tert-OH is 1. The van der Waals surface area contributed by atoms with Gasteiger partial charge in [-0.15, -0.1) is 0 Å². The fourth-order valence-corrected chi connectivity index (χ4v) is 8.38. The number of nitrogens with two attached hydrogens (primary N) is 4. The van der Waals surface area contributed by atoms with E-state index in [0.29, 0.717) is 30.4 Å². The number of nitrogens with zero attached hydrogens (tertiary/aromatic N) is 1. The molecule has 20 N–H and O–H groups in total. The molecule has 0 unspecified atom stereocenters. The molecule has 27 nitrogen and oxygen atoms in total. The van der Waals surface area contributed by atoms with Crippen molar-refractivity contribution in [3.63, 3.8) is 0 Å². The zero-order valence-corrected chi connectivity index (χ0v) is 47.8. The minimum absolute atomic E-state index is 0.0177. The Hall–Kier alpha value is -7.91. The van der Waals surface area contributed by atoms with Gasteiger partial charge in [0.05, 0.1) is 18.6 Å². The lowest BCUT2D eigenvalue weighted by Crippen LogP contribution is -2.63. The topological polar surface area (TPSA) is 464 Å². The predicted octanol–water partition coefficient (Wildman–Crippen LogP) is -1.75. The summed E-state index contributed by atoms with van der Waals surface area (Å²) in [5.74, 6) is -11.7. The summed E-state index contributed by atoms with van der Waals surface area (Å²) < 4.78 is 0. The van der Waals surface area contributed by atoms with Gasteiger partial charge in [-0.25, -0.2) is 4.79 Å². The Morgan fingerprint density at radius 3 is 1.54 bits per heavy atom. The van der Waals surface area contributed by atoms with Crippen molar-refractivity contribution in [3.8, 4) is 5.75 Å². The van der Waals surface area contributed by atoms with Gasteiger partial charge in [0.2, 0.25) is 47.3 Å². The van der Waals surface area contributed by atoms with Crippen LogP contribution in [0, 0.1) is 17.8 Å². The molecule has 11 atom stereocenters. The van der Waals surface area contributed by atoms with Crippen LogP contribution in [0.3, 0.4) is 0 Å². The van der Waals surface area contributed by atoms with Crippen LogP contribution in [-0.2, 0) is 60.8 Å². The Labute approximate surface area is 478 Å². The number of unbranched alkanes of at least 4 members (excludes halogenated alkanes) is 1. The van der Waals surface area contributed by atoms with E-state index in [4.69, 9.17) is 28.0 Å². The summed E-state index contributed by atoms with van der Waals surface area (Å²) in [4.78, 5) is 139. The summed E-state index contributed by atoms with van der Waals surface area (Å²) in [6.07, 6.45) is -1.33. The number of amides is 8. The lowest BCUT2D eigenvalue weighted by Gasteiger charge is -2.30. The Balaban J connectivity index is 2.51. The minimum atomic E-state index is -1.75. The van der Waals surface area contributed by atoms with Crippen molar-refractivity contribution in [1.82, 2.24) is 42.5 Å². The molecular formula is C55H87N13O14.